The Morgan fingerprint density at radius 3 is 2.63 bits per heavy atom. The van der Waals surface area contributed by atoms with Crippen molar-refractivity contribution in [3.63, 3.8) is 0 Å². The van der Waals surface area contributed by atoms with Gasteiger partial charge in [-0.3, -0.25) is 4.79 Å². The molecule has 1 amide bonds. The first kappa shape index (κ1) is 12.2. The summed E-state index contributed by atoms with van der Waals surface area (Å²) in [7, 11) is 0. The summed E-state index contributed by atoms with van der Waals surface area (Å²) in [6.45, 7) is 0. The lowest BCUT2D eigenvalue weighted by atomic mass is 10.1. The molecular weight excluding hydrogens is 240 g/mol. The zero-order valence-electron chi connectivity index (χ0n) is 10.8. The van der Waals surface area contributed by atoms with E-state index in [2.05, 4.69) is 34.8 Å². The van der Waals surface area contributed by atoms with Gasteiger partial charge in [0.2, 0.25) is 0 Å². The zero-order valence-corrected chi connectivity index (χ0v) is 10.8. The van der Waals surface area contributed by atoms with Crippen LogP contribution < -0.4 is 5.32 Å². The first-order chi connectivity index (χ1) is 9.33. The van der Waals surface area contributed by atoms with Crippen LogP contribution in [0.4, 0.5) is 0 Å². The molecule has 0 bridgehead atoms. The lowest BCUT2D eigenvalue weighted by Gasteiger charge is -2.15. The number of rotatable bonds is 3. The van der Waals surface area contributed by atoms with Crippen LogP contribution in [0.2, 0.25) is 0 Å². The molecule has 100 valence electrons. The van der Waals surface area contributed by atoms with Gasteiger partial charge in [-0.15, -0.1) is 0 Å². The van der Waals surface area contributed by atoms with Crippen LogP contribution in [0.3, 0.4) is 0 Å². The predicted molar refractivity (Wildman–Crippen MR) is 71.9 cm³/mol. The molecule has 0 unspecified atom stereocenters. The molecule has 0 spiro atoms. The van der Waals surface area contributed by atoms with Gasteiger partial charge >= 0.3 is 0 Å². The maximum Gasteiger partial charge on any atom is 0.273 e. The van der Waals surface area contributed by atoms with Gasteiger partial charge in [0.05, 0.1) is 0 Å². The smallest absolute Gasteiger partial charge is 0.273 e. The van der Waals surface area contributed by atoms with Crippen LogP contribution in [0, 0.1) is 0 Å². The topological polar surface area (TPSA) is 55.1 Å². The molecule has 1 N–H and O–H groups in total. The van der Waals surface area contributed by atoms with E-state index in [4.69, 9.17) is 4.52 Å². The van der Waals surface area contributed by atoms with E-state index in [1.165, 1.54) is 0 Å². The van der Waals surface area contributed by atoms with Crippen molar-refractivity contribution in [1.82, 2.24) is 10.5 Å². The average Bonchev–Trinajstić information content (AvgIpc) is 3.10. The SMILES string of the molecule is O=C(NC1C/C=C\C/C=C\C1)c1cc(C2CC2)on1. The molecule has 0 saturated heterocycles. The van der Waals surface area contributed by atoms with E-state index in [1.807, 2.05) is 0 Å². The largest absolute Gasteiger partial charge is 0.360 e. The van der Waals surface area contributed by atoms with Crippen LogP contribution in [0.5, 0.6) is 0 Å². The Kier molecular flexibility index (Phi) is 3.49. The first-order valence-electron chi connectivity index (χ1n) is 6.90. The molecule has 1 heterocycles. The van der Waals surface area contributed by atoms with E-state index in [-0.39, 0.29) is 11.9 Å². The minimum Gasteiger partial charge on any atom is -0.360 e. The van der Waals surface area contributed by atoms with E-state index >= 15 is 0 Å². The number of hydrogen-bond donors (Lipinski definition) is 1. The summed E-state index contributed by atoms with van der Waals surface area (Å²) in [6, 6.07) is 1.92. The molecule has 1 fully saturated rings. The zero-order chi connectivity index (χ0) is 13.1. The highest BCUT2D eigenvalue weighted by molar-refractivity contribution is 5.92. The van der Waals surface area contributed by atoms with Gasteiger partial charge in [-0.05, 0) is 32.1 Å². The van der Waals surface area contributed by atoms with Crippen LogP contribution in [0.1, 0.15) is 54.3 Å². The van der Waals surface area contributed by atoms with Gasteiger partial charge in [-0.1, -0.05) is 29.5 Å². The van der Waals surface area contributed by atoms with Crippen molar-refractivity contribution in [3.05, 3.63) is 41.8 Å². The molecule has 1 saturated carbocycles. The number of nitrogens with zero attached hydrogens (tertiary/aromatic N) is 1. The molecule has 19 heavy (non-hydrogen) atoms. The third-order valence-electron chi connectivity index (χ3n) is 3.52. The standard InChI is InChI=1S/C15H18N2O2/c18-15(13-10-14(19-17-13)11-8-9-11)16-12-6-4-2-1-3-5-7-12/h2-5,10-12H,1,6-9H2,(H,16,18)/b4-2-,5-3-. The number of carbonyl (C=O) groups is 1. The molecule has 0 aromatic carbocycles. The minimum atomic E-state index is -0.136. The third-order valence-corrected chi connectivity index (χ3v) is 3.52. The van der Waals surface area contributed by atoms with Crippen molar-refractivity contribution in [1.29, 1.82) is 0 Å². The normalized spacial score (nSPS) is 23.4. The summed E-state index contributed by atoms with van der Waals surface area (Å²) in [4.78, 5) is 12.1. The Balaban J connectivity index is 1.61. The second-order valence-electron chi connectivity index (χ2n) is 5.21. The maximum atomic E-state index is 12.1. The minimum absolute atomic E-state index is 0.136. The summed E-state index contributed by atoms with van der Waals surface area (Å²) in [5.41, 5.74) is 0.400. The van der Waals surface area contributed by atoms with Gasteiger partial charge in [0, 0.05) is 18.0 Å². The molecule has 4 heteroatoms. The van der Waals surface area contributed by atoms with E-state index in [0.717, 1.165) is 37.9 Å². The Morgan fingerprint density at radius 2 is 1.95 bits per heavy atom. The van der Waals surface area contributed by atoms with Crippen molar-refractivity contribution in [2.24, 2.45) is 0 Å². The van der Waals surface area contributed by atoms with Crippen LogP contribution in [-0.4, -0.2) is 17.1 Å². The number of hydrogen-bond acceptors (Lipinski definition) is 3. The molecular formula is C15H18N2O2. The van der Waals surface area contributed by atoms with E-state index in [0.29, 0.717) is 11.6 Å². The fraction of sp³-hybridized carbons (Fsp3) is 0.467. The van der Waals surface area contributed by atoms with Gasteiger partial charge < -0.3 is 9.84 Å². The Morgan fingerprint density at radius 1 is 1.21 bits per heavy atom. The molecule has 3 rings (SSSR count). The maximum absolute atomic E-state index is 12.1. The summed E-state index contributed by atoms with van der Waals surface area (Å²) in [6.07, 6.45) is 13.5. The van der Waals surface area contributed by atoms with Gasteiger partial charge in [0.1, 0.15) is 5.76 Å². The highest BCUT2D eigenvalue weighted by atomic mass is 16.5. The number of carbonyl (C=O) groups excluding carboxylic acids is 1. The quantitative estimate of drug-likeness (QED) is 0.848. The van der Waals surface area contributed by atoms with Gasteiger partial charge in [0.15, 0.2) is 5.69 Å². The number of amides is 1. The summed E-state index contributed by atoms with van der Waals surface area (Å²) in [5.74, 6) is 1.20. The molecule has 4 nitrogen and oxygen atoms in total. The van der Waals surface area contributed by atoms with Gasteiger partial charge in [0.25, 0.3) is 5.91 Å². The molecule has 0 aliphatic heterocycles. The van der Waals surface area contributed by atoms with Crippen molar-refractivity contribution in [2.45, 2.75) is 44.1 Å². The molecule has 1 aromatic rings. The van der Waals surface area contributed by atoms with Gasteiger partial charge in [-0.25, -0.2) is 0 Å². The fourth-order valence-corrected chi connectivity index (χ4v) is 2.22. The third kappa shape index (κ3) is 3.13. The lowest BCUT2D eigenvalue weighted by molar-refractivity contribution is 0.0928. The first-order valence-corrected chi connectivity index (χ1v) is 6.90. The van der Waals surface area contributed by atoms with Crippen LogP contribution in [0.25, 0.3) is 0 Å². The van der Waals surface area contributed by atoms with E-state index < -0.39 is 0 Å². The van der Waals surface area contributed by atoms with Crippen LogP contribution in [0.15, 0.2) is 34.9 Å². The highest BCUT2D eigenvalue weighted by Gasteiger charge is 2.29. The predicted octanol–water partition coefficient (Wildman–Crippen LogP) is 2.95. The molecule has 0 radical (unpaired) electrons. The van der Waals surface area contributed by atoms with Crippen molar-refractivity contribution in [3.8, 4) is 0 Å². The second kappa shape index (κ2) is 5.43. The van der Waals surface area contributed by atoms with E-state index in [1.54, 1.807) is 6.07 Å². The lowest BCUT2D eigenvalue weighted by Crippen LogP contribution is -2.34. The fourth-order valence-electron chi connectivity index (χ4n) is 2.22. The van der Waals surface area contributed by atoms with Crippen molar-refractivity contribution in [2.75, 3.05) is 0 Å². The van der Waals surface area contributed by atoms with Crippen molar-refractivity contribution < 1.29 is 9.32 Å². The molecule has 2 aliphatic rings. The molecule has 0 atom stereocenters. The van der Waals surface area contributed by atoms with E-state index in [9.17, 15) is 4.79 Å². The summed E-state index contributed by atoms with van der Waals surface area (Å²) in [5, 5.41) is 6.87. The van der Waals surface area contributed by atoms with Crippen molar-refractivity contribution >= 4 is 5.91 Å². The second-order valence-corrected chi connectivity index (χ2v) is 5.21. The average molecular weight is 258 g/mol. The Bertz CT molecular complexity index is 498. The summed E-state index contributed by atoms with van der Waals surface area (Å²) >= 11 is 0. The number of aromatic nitrogens is 1. The van der Waals surface area contributed by atoms with Crippen LogP contribution >= 0.6 is 0 Å². The Labute approximate surface area is 112 Å². The highest BCUT2D eigenvalue weighted by Crippen LogP contribution is 2.40. The monoisotopic (exact) mass is 258 g/mol. The number of nitrogens with one attached hydrogen (secondary N) is 1. The number of allylic oxidation sites excluding steroid dienone is 2. The Hall–Kier alpha value is -1.84. The molecule has 1 aromatic heterocycles. The summed E-state index contributed by atoms with van der Waals surface area (Å²) < 4.78 is 5.20. The van der Waals surface area contributed by atoms with Crippen LogP contribution in [-0.2, 0) is 0 Å². The van der Waals surface area contributed by atoms with Gasteiger partial charge in [-0.2, -0.15) is 0 Å². The molecule has 2 aliphatic carbocycles.